The summed E-state index contributed by atoms with van der Waals surface area (Å²) in [5, 5.41) is 2.61. The van der Waals surface area contributed by atoms with Crippen LogP contribution < -0.4 is 14.4 Å². The number of hydrogen-bond donors (Lipinski definition) is 1. The first-order chi connectivity index (χ1) is 15.5. The third-order valence-corrected chi connectivity index (χ3v) is 5.95. The Morgan fingerprint density at radius 2 is 1.61 bits per heavy atom. The molecule has 1 N–H and O–H groups in total. The molecule has 1 amide bonds. The highest BCUT2D eigenvalue weighted by Crippen LogP contribution is 2.23. The summed E-state index contributed by atoms with van der Waals surface area (Å²) in [6.07, 6.45) is 0.448. The molecule has 2 rings (SSSR count). The number of esters is 2. The molecule has 0 fully saturated rings. The van der Waals surface area contributed by atoms with Gasteiger partial charge < -0.3 is 19.5 Å². The van der Waals surface area contributed by atoms with Gasteiger partial charge in [-0.25, -0.2) is 18.0 Å². The molecule has 0 aliphatic carbocycles. The molecular formula is C22H26N2O8S. The van der Waals surface area contributed by atoms with Crippen LogP contribution in [-0.2, 0) is 24.3 Å². The number of nitrogens with zero attached hydrogens (tertiary/aromatic N) is 1. The lowest BCUT2D eigenvalue weighted by molar-refractivity contribution is -0.122. The lowest BCUT2D eigenvalue weighted by Gasteiger charge is -2.20. The van der Waals surface area contributed by atoms with E-state index in [1.54, 1.807) is 31.2 Å². The number of amides is 1. The van der Waals surface area contributed by atoms with Crippen molar-refractivity contribution >= 4 is 39.2 Å². The molecule has 0 aliphatic heterocycles. The second-order valence-corrected chi connectivity index (χ2v) is 8.99. The van der Waals surface area contributed by atoms with Crippen molar-refractivity contribution in [1.82, 2.24) is 0 Å². The molecule has 0 aromatic heterocycles. The maximum atomic E-state index is 12.9. The fraction of sp³-hybridized carbons (Fsp3) is 0.318. The Labute approximate surface area is 192 Å². The first-order valence-electron chi connectivity index (χ1n) is 9.84. The molecule has 2 aromatic carbocycles. The number of methoxy groups -OCH3 is 2. The van der Waals surface area contributed by atoms with E-state index in [0.29, 0.717) is 17.9 Å². The first-order valence-corrected chi connectivity index (χ1v) is 11.7. The number of anilines is 2. The van der Waals surface area contributed by atoms with Gasteiger partial charge in [-0.15, -0.1) is 0 Å². The molecule has 0 saturated heterocycles. The molecule has 2 aromatic rings. The predicted octanol–water partition coefficient (Wildman–Crippen LogP) is 2.45. The van der Waals surface area contributed by atoms with Gasteiger partial charge in [-0.3, -0.25) is 9.10 Å². The zero-order chi connectivity index (χ0) is 24.8. The summed E-state index contributed by atoms with van der Waals surface area (Å²) in [6.45, 7) is 1.74. The highest BCUT2D eigenvalue weighted by atomic mass is 32.2. The minimum atomic E-state index is -3.41. The number of carbonyl (C=O) groups excluding carboxylic acids is 3. The molecule has 0 radical (unpaired) electrons. The summed E-state index contributed by atoms with van der Waals surface area (Å²) in [7, 11) is 0.430. The second kappa shape index (κ2) is 10.8. The van der Waals surface area contributed by atoms with Crippen LogP contribution in [-0.4, -0.2) is 59.9 Å². The molecule has 0 spiro atoms. The molecule has 0 bridgehead atoms. The number of hydrogen-bond acceptors (Lipinski definition) is 8. The predicted molar refractivity (Wildman–Crippen MR) is 122 cm³/mol. The van der Waals surface area contributed by atoms with E-state index >= 15 is 0 Å². The fourth-order valence-corrected chi connectivity index (χ4v) is 3.31. The minimum Gasteiger partial charge on any atom is -0.481 e. The van der Waals surface area contributed by atoms with Crippen molar-refractivity contribution in [3.63, 3.8) is 0 Å². The van der Waals surface area contributed by atoms with E-state index in [2.05, 4.69) is 10.1 Å². The number of rotatable bonds is 9. The Balaban J connectivity index is 2.24. The zero-order valence-corrected chi connectivity index (χ0v) is 19.8. The maximum absolute atomic E-state index is 12.9. The van der Waals surface area contributed by atoms with Gasteiger partial charge >= 0.3 is 11.9 Å². The molecule has 33 heavy (non-hydrogen) atoms. The SMILES string of the molecule is CCC(Oc1ccc(N(C)S(C)(=O)=O)cc1)C(=O)Nc1cc(C(=O)OC)ccc1C(=O)OC. The summed E-state index contributed by atoms with van der Waals surface area (Å²) < 4.78 is 39.6. The van der Waals surface area contributed by atoms with Gasteiger partial charge in [0.05, 0.1) is 43.0 Å². The Morgan fingerprint density at radius 1 is 1.00 bits per heavy atom. The number of benzene rings is 2. The van der Waals surface area contributed by atoms with Crippen LogP contribution >= 0.6 is 0 Å². The quantitative estimate of drug-likeness (QED) is 0.544. The molecule has 0 heterocycles. The summed E-state index contributed by atoms with van der Waals surface area (Å²) in [4.78, 5) is 36.8. The standard InChI is InChI=1S/C22H26N2O8S/c1-6-19(32-16-10-8-15(9-11-16)24(2)33(5,28)29)20(25)23-18-13-14(21(26)30-3)7-12-17(18)22(27)31-4/h7-13,19H,6H2,1-5H3,(H,23,25). The van der Waals surface area contributed by atoms with Crippen LogP contribution in [0.15, 0.2) is 42.5 Å². The zero-order valence-electron chi connectivity index (χ0n) is 18.9. The average Bonchev–Trinajstić information content (AvgIpc) is 2.80. The molecule has 178 valence electrons. The fourth-order valence-electron chi connectivity index (χ4n) is 2.81. The smallest absolute Gasteiger partial charge is 0.339 e. The summed E-state index contributed by atoms with van der Waals surface area (Å²) in [6, 6.07) is 10.3. The maximum Gasteiger partial charge on any atom is 0.339 e. The highest BCUT2D eigenvalue weighted by molar-refractivity contribution is 7.92. The van der Waals surface area contributed by atoms with Crippen LogP contribution in [0.3, 0.4) is 0 Å². The molecule has 11 heteroatoms. The van der Waals surface area contributed by atoms with Crippen LogP contribution in [0, 0.1) is 0 Å². The van der Waals surface area contributed by atoms with Gasteiger partial charge in [-0.2, -0.15) is 0 Å². The third-order valence-electron chi connectivity index (χ3n) is 4.74. The minimum absolute atomic E-state index is 0.0570. The van der Waals surface area contributed by atoms with Crippen molar-refractivity contribution in [2.45, 2.75) is 19.4 Å². The second-order valence-electron chi connectivity index (χ2n) is 6.97. The molecule has 0 saturated carbocycles. The molecule has 0 aliphatic rings. The van der Waals surface area contributed by atoms with Gasteiger partial charge in [0.2, 0.25) is 10.0 Å². The normalized spacial score (nSPS) is 11.8. The molecule has 10 nitrogen and oxygen atoms in total. The van der Waals surface area contributed by atoms with Crippen molar-refractivity contribution in [1.29, 1.82) is 0 Å². The molecule has 1 unspecified atom stereocenters. The van der Waals surface area contributed by atoms with E-state index in [1.807, 2.05) is 0 Å². The van der Waals surface area contributed by atoms with Crippen molar-refractivity contribution in [3.8, 4) is 5.75 Å². The van der Waals surface area contributed by atoms with Gasteiger partial charge in [-0.1, -0.05) is 6.92 Å². The van der Waals surface area contributed by atoms with Gasteiger partial charge in [0.1, 0.15) is 5.75 Å². The van der Waals surface area contributed by atoms with E-state index in [9.17, 15) is 22.8 Å². The van der Waals surface area contributed by atoms with Crippen molar-refractivity contribution in [2.24, 2.45) is 0 Å². The van der Waals surface area contributed by atoms with Crippen LogP contribution in [0.5, 0.6) is 5.75 Å². The molecule has 1 atom stereocenters. The van der Waals surface area contributed by atoms with Crippen LogP contribution in [0.2, 0.25) is 0 Å². The van der Waals surface area contributed by atoms with Crippen molar-refractivity contribution in [3.05, 3.63) is 53.6 Å². The monoisotopic (exact) mass is 478 g/mol. The Bertz CT molecular complexity index is 1130. The molecular weight excluding hydrogens is 452 g/mol. The van der Waals surface area contributed by atoms with Crippen LogP contribution in [0.4, 0.5) is 11.4 Å². The summed E-state index contributed by atoms with van der Waals surface area (Å²) in [5.41, 5.74) is 0.702. The lowest BCUT2D eigenvalue weighted by Crippen LogP contribution is -2.33. The van der Waals surface area contributed by atoms with E-state index in [0.717, 1.165) is 10.6 Å². The lowest BCUT2D eigenvalue weighted by atomic mass is 10.1. The Hall–Kier alpha value is -3.60. The van der Waals surface area contributed by atoms with Gasteiger partial charge in [0.15, 0.2) is 6.10 Å². The Morgan fingerprint density at radius 3 is 2.12 bits per heavy atom. The number of carbonyl (C=O) groups is 3. The topological polar surface area (TPSA) is 128 Å². The number of nitrogens with one attached hydrogen (secondary N) is 1. The summed E-state index contributed by atoms with van der Waals surface area (Å²) >= 11 is 0. The van der Waals surface area contributed by atoms with E-state index in [1.165, 1.54) is 39.5 Å². The van der Waals surface area contributed by atoms with Crippen molar-refractivity contribution in [2.75, 3.05) is 37.1 Å². The summed E-state index contributed by atoms with van der Waals surface area (Å²) in [5.74, 6) is -1.54. The Kier molecular flexibility index (Phi) is 8.41. The van der Waals surface area contributed by atoms with E-state index in [4.69, 9.17) is 9.47 Å². The van der Waals surface area contributed by atoms with E-state index < -0.39 is 34.0 Å². The van der Waals surface area contributed by atoms with E-state index in [-0.39, 0.29) is 16.8 Å². The van der Waals surface area contributed by atoms with Gasteiger partial charge in [0, 0.05) is 7.05 Å². The number of ether oxygens (including phenoxy) is 3. The average molecular weight is 479 g/mol. The van der Waals surface area contributed by atoms with Gasteiger partial charge in [0.25, 0.3) is 5.91 Å². The van der Waals surface area contributed by atoms with Gasteiger partial charge in [-0.05, 0) is 48.9 Å². The first kappa shape index (κ1) is 25.7. The van der Waals surface area contributed by atoms with Crippen LogP contribution in [0.25, 0.3) is 0 Å². The third kappa shape index (κ3) is 6.45. The van der Waals surface area contributed by atoms with Crippen LogP contribution in [0.1, 0.15) is 34.1 Å². The number of sulfonamides is 1. The largest absolute Gasteiger partial charge is 0.481 e. The van der Waals surface area contributed by atoms with Crippen molar-refractivity contribution < 1.29 is 37.0 Å². The highest BCUT2D eigenvalue weighted by Gasteiger charge is 2.23.